The first-order chi connectivity index (χ1) is 13.0. The van der Waals surface area contributed by atoms with Crippen LogP contribution in [0.1, 0.15) is 53.4 Å². The van der Waals surface area contributed by atoms with Gasteiger partial charge in [-0.1, -0.05) is 20.8 Å². The molecule has 27 heavy (non-hydrogen) atoms. The van der Waals surface area contributed by atoms with E-state index >= 15 is 0 Å². The van der Waals surface area contributed by atoms with Gasteiger partial charge in [0.25, 0.3) is 0 Å². The summed E-state index contributed by atoms with van der Waals surface area (Å²) in [5, 5.41) is 3.46. The number of piperidine rings is 2. The normalized spacial score (nSPS) is 22.1. The molecule has 0 aromatic rings. The molecule has 0 spiro atoms. The van der Waals surface area contributed by atoms with Crippen LogP contribution in [-0.2, 0) is 9.53 Å². The number of carbonyl (C=O) groups excluding carboxylic acids is 1. The Bertz CT molecular complexity index is 479. The molecule has 2 rings (SSSR count). The summed E-state index contributed by atoms with van der Waals surface area (Å²) in [5.41, 5.74) is 0. The van der Waals surface area contributed by atoms with Gasteiger partial charge in [0.2, 0.25) is 0 Å². The Labute approximate surface area is 165 Å². The predicted molar refractivity (Wildman–Crippen MR) is 111 cm³/mol. The van der Waals surface area contributed by atoms with Crippen molar-refractivity contribution in [1.82, 2.24) is 15.1 Å². The number of likely N-dealkylation sites (tertiary alicyclic amines) is 2. The minimum absolute atomic E-state index is 0.0351. The standard InChI is InChI=1S/C21H40N4O2/c1-6-22-21(25-13-9-18(10-14-25)20(26)27-5)23-15-19(16(2)3)24-11-7-17(4)8-12-24/h16-19H,6-15H2,1-5H3,(H,22,23). The first-order valence-corrected chi connectivity index (χ1v) is 10.8. The van der Waals surface area contributed by atoms with Crippen molar-refractivity contribution in [3.63, 3.8) is 0 Å². The molecule has 0 aliphatic carbocycles. The molecule has 2 heterocycles. The highest BCUT2D eigenvalue weighted by Gasteiger charge is 2.28. The molecule has 0 saturated carbocycles. The molecule has 2 aliphatic rings. The van der Waals surface area contributed by atoms with Gasteiger partial charge in [0.15, 0.2) is 5.96 Å². The topological polar surface area (TPSA) is 57.2 Å². The number of nitrogens with zero attached hydrogens (tertiary/aromatic N) is 3. The lowest BCUT2D eigenvalue weighted by molar-refractivity contribution is -0.146. The Morgan fingerprint density at radius 3 is 2.30 bits per heavy atom. The molecule has 1 unspecified atom stereocenters. The summed E-state index contributed by atoms with van der Waals surface area (Å²) in [5.74, 6) is 2.40. The van der Waals surface area contributed by atoms with E-state index in [4.69, 9.17) is 9.73 Å². The number of carbonyl (C=O) groups is 1. The van der Waals surface area contributed by atoms with Gasteiger partial charge in [0.1, 0.15) is 0 Å². The van der Waals surface area contributed by atoms with E-state index in [1.165, 1.54) is 33.0 Å². The van der Waals surface area contributed by atoms with Crippen molar-refractivity contribution >= 4 is 11.9 Å². The van der Waals surface area contributed by atoms with E-state index in [9.17, 15) is 4.79 Å². The van der Waals surface area contributed by atoms with Crippen LogP contribution in [0.3, 0.4) is 0 Å². The highest BCUT2D eigenvalue weighted by molar-refractivity contribution is 5.80. The molecule has 0 aromatic carbocycles. The fourth-order valence-corrected chi connectivity index (χ4v) is 4.21. The van der Waals surface area contributed by atoms with Crippen LogP contribution in [0.5, 0.6) is 0 Å². The van der Waals surface area contributed by atoms with Crippen molar-refractivity contribution in [1.29, 1.82) is 0 Å². The van der Waals surface area contributed by atoms with Gasteiger partial charge in [0, 0.05) is 25.7 Å². The fourth-order valence-electron chi connectivity index (χ4n) is 4.21. The van der Waals surface area contributed by atoms with Crippen molar-refractivity contribution in [2.75, 3.05) is 46.4 Å². The minimum Gasteiger partial charge on any atom is -0.469 e. The van der Waals surface area contributed by atoms with Crippen LogP contribution in [0.15, 0.2) is 4.99 Å². The molecular weight excluding hydrogens is 340 g/mol. The number of guanidine groups is 1. The zero-order chi connectivity index (χ0) is 19.8. The number of hydrogen-bond acceptors (Lipinski definition) is 4. The molecule has 0 radical (unpaired) electrons. The molecular formula is C21H40N4O2. The van der Waals surface area contributed by atoms with Crippen LogP contribution in [0.2, 0.25) is 0 Å². The third-order valence-corrected chi connectivity index (χ3v) is 6.15. The monoisotopic (exact) mass is 380 g/mol. The van der Waals surface area contributed by atoms with E-state index in [1.807, 2.05) is 0 Å². The Kier molecular flexibility index (Phi) is 8.87. The summed E-state index contributed by atoms with van der Waals surface area (Å²) in [6.45, 7) is 14.9. The molecule has 1 atom stereocenters. The van der Waals surface area contributed by atoms with E-state index in [1.54, 1.807) is 0 Å². The molecule has 0 bridgehead atoms. The van der Waals surface area contributed by atoms with E-state index in [2.05, 4.69) is 42.8 Å². The van der Waals surface area contributed by atoms with Gasteiger partial charge in [-0.3, -0.25) is 14.7 Å². The number of methoxy groups -OCH3 is 1. The summed E-state index contributed by atoms with van der Waals surface area (Å²) in [6, 6.07) is 0.499. The highest BCUT2D eigenvalue weighted by Crippen LogP contribution is 2.22. The summed E-state index contributed by atoms with van der Waals surface area (Å²) in [4.78, 5) is 21.7. The molecule has 0 aromatic heterocycles. The summed E-state index contributed by atoms with van der Waals surface area (Å²) < 4.78 is 4.90. The largest absolute Gasteiger partial charge is 0.469 e. The zero-order valence-corrected chi connectivity index (χ0v) is 18.0. The number of hydrogen-bond donors (Lipinski definition) is 1. The SMILES string of the molecule is CCNC(=NCC(C(C)C)N1CCC(C)CC1)N1CCC(C(=O)OC)CC1. The van der Waals surface area contributed by atoms with Gasteiger partial charge in [-0.15, -0.1) is 0 Å². The molecule has 1 N–H and O–H groups in total. The van der Waals surface area contributed by atoms with Crippen molar-refractivity contribution in [2.45, 2.75) is 59.4 Å². The van der Waals surface area contributed by atoms with Crippen molar-refractivity contribution in [2.24, 2.45) is 22.7 Å². The second-order valence-corrected chi connectivity index (χ2v) is 8.51. The van der Waals surface area contributed by atoms with Crippen molar-refractivity contribution < 1.29 is 9.53 Å². The Balaban J connectivity index is 1.97. The number of esters is 1. The van der Waals surface area contributed by atoms with E-state index in [-0.39, 0.29) is 11.9 Å². The molecule has 0 amide bonds. The third kappa shape index (κ3) is 6.37. The Morgan fingerprint density at radius 1 is 1.15 bits per heavy atom. The van der Waals surface area contributed by atoms with Gasteiger partial charge in [-0.05, 0) is 57.5 Å². The lowest BCUT2D eigenvalue weighted by Gasteiger charge is -2.38. The van der Waals surface area contributed by atoms with Gasteiger partial charge in [-0.25, -0.2) is 0 Å². The maximum Gasteiger partial charge on any atom is 0.308 e. The lowest BCUT2D eigenvalue weighted by atomic mass is 9.94. The van der Waals surface area contributed by atoms with Crippen LogP contribution >= 0.6 is 0 Å². The van der Waals surface area contributed by atoms with Gasteiger partial charge < -0.3 is 15.0 Å². The van der Waals surface area contributed by atoms with E-state index in [0.717, 1.165) is 50.9 Å². The number of rotatable bonds is 6. The first-order valence-electron chi connectivity index (χ1n) is 10.8. The number of aliphatic imine (C=N–C) groups is 1. The average molecular weight is 381 g/mol. The van der Waals surface area contributed by atoms with Gasteiger partial charge in [0.05, 0.1) is 19.6 Å². The second kappa shape index (κ2) is 10.9. The number of nitrogens with one attached hydrogen (secondary N) is 1. The zero-order valence-electron chi connectivity index (χ0n) is 18.0. The lowest BCUT2D eigenvalue weighted by Crippen LogP contribution is -2.49. The van der Waals surface area contributed by atoms with Crippen molar-refractivity contribution in [3.8, 4) is 0 Å². The van der Waals surface area contributed by atoms with Gasteiger partial charge >= 0.3 is 5.97 Å². The van der Waals surface area contributed by atoms with Crippen LogP contribution in [0.25, 0.3) is 0 Å². The maximum absolute atomic E-state index is 11.8. The molecule has 2 saturated heterocycles. The third-order valence-electron chi connectivity index (χ3n) is 6.15. The van der Waals surface area contributed by atoms with Crippen LogP contribution in [-0.4, -0.2) is 74.1 Å². The first kappa shape index (κ1) is 22.0. The molecule has 2 fully saturated rings. The predicted octanol–water partition coefficient (Wildman–Crippen LogP) is 2.59. The van der Waals surface area contributed by atoms with Crippen LogP contribution in [0, 0.1) is 17.8 Å². The molecule has 6 heteroatoms. The molecule has 6 nitrogen and oxygen atoms in total. The fraction of sp³-hybridized carbons (Fsp3) is 0.905. The average Bonchev–Trinajstić information content (AvgIpc) is 2.68. The number of ether oxygens (including phenoxy) is 1. The summed E-state index contributed by atoms with van der Waals surface area (Å²) in [6.07, 6.45) is 4.28. The summed E-state index contributed by atoms with van der Waals surface area (Å²) in [7, 11) is 1.48. The molecule has 2 aliphatic heterocycles. The highest BCUT2D eigenvalue weighted by atomic mass is 16.5. The summed E-state index contributed by atoms with van der Waals surface area (Å²) >= 11 is 0. The quantitative estimate of drug-likeness (QED) is 0.436. The van der Waals surface area contributed by atoms with Gasteiger partial charge in [-0.2, -0.15) is 0 Å². The maximum atomic E-state index is 11.8. The van der Waals surface area contributed by atoms with E-state index in [0.29, 0.717) is 12.0 Å². The second-order valence-electron chi connectivity index (χ2n) is 8.51. The van der Waals surface area contributed by atoms with Crippen LogP contribution in [0.4, 0.5) is 0 Å². The Hall–Kier alpha value is -1.30. The smallest absolute Gasteiger partial charge is 0.308 e. The minimum atomic E-state index is -0.0733. The molecule has 156 valence electrons. The van der Waals surface area contributed by atoms with Crippen molar-refractivity contribution in [3.05, 3.63) is 0 Å². The Morgan fingerprint density at radius 2 is 1.78 bits per heavy atom. The van der Waals surface area contributed by atoms with Crippen LogP contribution < -0.4 is 5.32 Å². The van der Waals surface area contributed by atoms with E-state index < -0.39 is 0 Å².